The van der Waals surface area contributed by atoms with E-state index in [4.69, 9.17) is 14.2 Å². The summed E-state index contributed by atoms with van der Waals surface area (Å²) in [6.45, 7) is 9.19. The highest BCUT2D eigenvalue weighted by molar-refractivity contribution is 5.86. The van der Waals surface area contributed by atoms with Gasteiger partial charge >= 0.3 is 18.0 Å². The van der Waals surface area contributed by atoms with E-state index >= 15 is 0 Å². The summed E-state index contributed by atoms with van der Waals surface area (Å²) < 4.78 is 15.5. The first-order valence-electron chi connectivity index (χ1n) is 8.92. The fourth-order valence-corrected chi connectivity index (χ4v) is 1.96. The van der Waals surface area contributed by atoms with Gasteiger partial charge in [-0.1, -0.05) is 44.2 Å². The molecule has 0 saturated heterocycles. The molecule has 7 nitrogen and oxygen atoms in total. The monoisotopic (exact) mass is 379 g/mol. The molecule has 1 rings (SSSR count). The molecule has 1 N–H and O–H groups in total. The van der Waals surface area contributed by atoms with Crippen LogP contribution in [-0.2, 0) is 30.4 Å². The van der Waals surface area contributed by atoms with E-state index in [1.165, 1.54) is 0 Å². The lowest BCUT2D eigenvalue weighted by Gasteiger charge is -2.24. The molecule has 1 aromatic carbocycles. The van der Waals surface area contributed by atoms with Crippen LogP contribution in [0.5, 0.6) is 0 Å². The number of carbonyl (C=O) groups is 3. The molecule has 0 aliphatic carbocycles. The Morgan fingerprint density at radius 3 is 2.22 bits per heavy atom. The normalized spacial score (nSPS) is 12.2. The smallest absolute Gasteiger partial charge is 0.408 e. The number of carbonyl (C=O) groups excluding carboxylic acids is 3. The van der Waals surface area contributed by atoms with Gasteiger partial charge in [-0.05, 0) is 32.3 Å². The number of rotatable bonds is 8. The van der Waals surface area contributed by atoms with Gasteiger partial charge in [0.2, 0.25) is 0 Å². The zero-order valence-electron chi connectivity index (χ0n) is 16.6. The van der Waals surface area contributed by atoms with E-state index in [9.17, 15) is 14.4 Å². The summed E-state index contributed by atoms with van der Waals surface area (Å²) in [4.78, 5) is 36.4. The molecular weight excluding hydrogens is 350 g/mol. The molecule has 0 radical (unpaired) electrons. The summed E-state index contributed by atoms with van der Waals surface area (Å²) >= 11 is 0. The Kier molecular flexibility index (Phi) is 8.78. The molecule has 150 valence electrons. The molecule has 0 fully saturated rings. The van der Waals surface area contributed by atoms with Gasteiger partial charge in [-0.25, -0.2) is 9.59 Å². The molecule has 1 atom stereocenters. The van der Waals surface area contributed by atoms with E-state index in [1.807, 2.05) is 44.2 Å². The number of amides is 1. The minimum absolute atomic E-state index is 0.0471. The van der Waals surface area contributed by atoms with Crippen molar-refractivity contribution in [3.8, 4) is 0 Å². The Labute approximate surface area is 160 Å². The van der Waals surface area contributed by atoms with E-state index in [0.29, 0.717) is 0 Å². The van der Waals surface area contributed by atoms with Crippen LogP contribution in [0.25, 0.3) is 0 Å². The van der Waals surface area contributed by atoms with E-state index in [0.717, 1.165) is 5.56 Å². The van der Waals surface area contributed by atoms with Gasteiger partial charge in [0, 0.05) is 0 Å². The van der Waals surface area contributed by atoms with Crippen molar-refractivity contribution in [3.05, 3.63) is 35.9 Å². The van der Waals surface area contributed by atoms with Crippen LogP contribution < -0.4 is 5.32 Å². The zero-order chi connectivity index (χ0) is 20.4. The average Bonchev–Trinajstić information content (AvgIpc) is 2.57. The Hall–Kier alpha value is -2.57. The maximum Gasteiger partial charge on any atom is 0.408 e. The average molecular weight is 379 g/mol. The Balaban J connectivity index is 2.67. The summed E-state index contributed by atoms with van der Waals surface area (Å²) in [6.07, 6.45) is -1.14. The van der Waals surface area contributed by atoms with Gasteiger partial charge in [-0.2, -0.15) is 0 Å². The number of benzene rings is 1. The first-order valence-corrected chi connectivity index (χ1v) is 8.92. The summed E-state index contributed by atoms with van der Waals surface area (Å²) in [6, 6.07) is 7.93. The fraction of sp³-hybridized carbons (Fsp3) is 0.550. The molecule has 0 bridgehead atoms. The zero-order valence-corrected chi connectivity index (χ0v) is 16.6. The molecule has 0 spiro atoms. The maximum atomic E-state index is 12.3. The highest BCUT2D eigenvalue weighted by Gasteiger charge is 2.30. The number of ether oxygens (including phenoxy) is 3. The van der Waals surface area contributed by atoms with Crippen LogP contribution >= 0.6 is 0 Å². The van der Waals surface area contributed by atoms with Crippen LogP contribution in [0.15, 0.2) is 30.3 Å². The lowest BCUT2D eigenvalue weighted by atomic mass is 10.1. The molecule has 0 unspecified atom stereocenters. The summed E-state index contributed by atoms with van der Waals surface area (Å²) in [7, 11) is 0. The van der Waals surface area contributed by atoms with Crippen LogP contribution in [0.1, 0.15) is 46.6 Å². The minimum atomic E-state index is -1.19. The van der Waals surface area contributed by atoms with Crippen LogP contribution in [0, 0.1) is 5.92 Å². The van der Waals surface area contributed by atoms with Crippen molar-refractivity contribution in [2.45, 2.75) is 59.3 Å². The third-order valence-corrected chi connectivity index (χ3v) is 3.14. The van der Waals surface area contributed by atoms with Crippen LogP contribution in [0.3, 0.4) is 0 Å². The van der Waals surface area contributed by atoms with Gasteiger partial charge < -0.3 is 19.5 Å². The molecule has 0 aliphatic rings. The van der Waals surface area contributed by atoms with Crippen molar-refractivity contribution in [2.24, 2.45) is 5.92 Å². The molecule has 1 amide bonds. The topological polar surface area (TPSA) is 90.9 Å². The second-order valence-electron chi connectivity index (χ2n) is 7.57. The summed E-state index contributed by atoms with van der Waals surface area (Å²) in [5.74, 6) is -1.15. The minimum Gasteiger partial charge on any atom is -0.465 e. The van der Waals surface area contributed by atoms with Crippen molar-refractivity contribution in [2.75, 3.05) is 6.61 Å². The molecule has 0 saturated carbocycles. The maximum absolute atomic E-state index is 12.3. The van der Waals surface area contributed by atoms with Gasteiger partial charge in [0.25, 0.3) is 0 Å². The molecule has 0 aliphatic heterocycles. The molecule has 1 aromatic rings. The van der Waals surface area contributed by atoms with Crippen molar-refractivity contribution < 1.29 is 28.6 Å². The molecule has 27 heavy (non-hydrogen) atoms. The quantitative estimate of drug-likeness (QED) is 0.551. The fourth-order valence-electron chi connectivity index (χ4n) is 1.96. The van der Waals surface area contributed by atoms with E-state index in [2.05, 4.69) is 5.32 Å². The molecule has 0 aromatic heterocycles. The molecule has 0 heterocycles. The van der Waals surface area contributed by atoms with E-state index in [-0.39, 0.29) is 25.6 Å². The van der Waals surface area contributed by atoms with Crippen molar-refractivity contribution >= 4 is 18.0 Å². The van der Waals surface area contributed by atoms with Crippen LogP contribution in [-0.4, -0.2) is 36.3 Å². The lowest BCUT2D eigenvalue weighted by Crippen LogP contribution is -2.45. The van der Waals surface area contributed by atoms with Gasteiger partial charge in [-0.3, -0.25) is 4.79 Å². The number of hydrogen-bond acceptors (Lipinski definition) is 6. The number of nitrogens with one attached hydrogen (secondary N) is 1. The van der Waals surface area contributed by atoms with Crippen molar-refractivity contribution in [3.63, 3.8) is 0 Å². The third-order valence-electron chi connectivity index (χ3n) is 3.14. The Bertz CT molecular complexity index is 621. The summed E-state index contributed by atoms with van der Waals surface area (Å²) in [5.41, 5.74) is 0.0464. The number of hydrogen-bond donors (Lipinski definition) is 1. The first-order chi connectivity index (χ1) is 12.6. The van der Waals surface area contributed by atoms with Crippen LogP contribution in [0.2, 0.25) is 0 Å². The highest BCUT2D eigenvalue weighted by atomic mass is 16.6. The van der Waals surface area contributed by atoms with Crippen LogP contribution in [0.4, 0.5) is 4.79 Å². The Morgan fingerprint density at radius 1 is 1.04 bits per heavy atom. The number of alkyl carbamates (subject to hydrolysis) is 1. The standard InChI is InChI=1S/C20H29NO6/c1-14(2)12-25-17(22)11-16(18(23)27-20(3,4)5)21-19(24)26-13-15-9-7-6-8-10-15/h6-10,14,16H,11-13H2,1-5H3,(H,21,24)/t16-/m0/s1. The molecule has 7 heteroatoms. The molecular formula is C20H29NO6. The van der Waals surface area contributed by atoms with E-state index < -0.39 is 29.7 Å². The van der Waals surface area contributed by atoms with E-state index in [1.54, 1.807) is 20.8 Å². The SMILES string of the molecule is CC(C)COC(=O)C[C@H](NC(=O)OCc1ccccc1)C(=O)OC(C)(C)C. The van der Waals surface area contributed by atoms with Gasteiger partial charge in [0.05, 0.1) is 13.0 Å². The second kappa shape index (κ2) is 10.5. The lowest BCUT2D eigenvalue weighted by molar-refractivity contribution is -0.161. The van der Waals surface area contributed by atoms with Crippen molar-refractivity contribution in [1.82, 2.24) is 5.32 Å². The largest absolute Gasteiger partial charge is 0.465 e. The highest BCUT2D eigenvalue weighted by Crippen LogP contribution is 2.11. The predicted molar refractivity (Wildman–Crippen MR) is 99.8 cm³/mol. The summed E-state index contributed by atoms with van der Waals surface area (Å²) in [5, 5.41) is 2.39. The third kappa shape index (κ3) is 10.2. The Morgan fingerprint density at radius 2 is 1.67 bits per heavy atom. The number of esters is 2. The first kappa shape index (κ1) is 22.5. The van der Waals surface area contributed by atoms with Crippen molar-refractivity contribution in [1.29, 1.82) is 0 Å². The second-order valence-corrected chi connectivity index (χ2v) is 7.57. The van der Waals surface area contributed by atoms with Gasteiger partial charge in [0.1, 0.15) is 18.2 Å². The van der Waals surface area contributed by atoms with Gasteiger partial charge in [-0.15, -0.1) is 0 Å². The predicted octanol–water partition coefficient (Wildman–Crippen LogP) is 3.21. The van der Waals surface area contributed by atoms with Gasteiger partial charge in [0.15, 0.2) is 0 Å².